The molecule has 0 amide bonds. The zero-order valence-corrected chi connectivity index (χ0v) is 26.9. The van der Waals surface area contributed by atoms with E-state index < -0.39 is 0 Å². The zero-order chi connectivity index (χ0) is 33.0. The number of aromatic nitrogens is 4. The predicted molar refractivity (Wildman–Crippen MR) is 203 cm³/mol. The molecule has 0 bridgehead atoms. The van der Waals surface area contributed by atoms with Crippen molar-refractivity contribution >= 4 is 43.7 Å². The minimum atomic E-state index is 0.542. The van der Waals surface area contributed by atoms with E-state index in [1.165, 1.54) is 0 Å². The number of fused-ring (bicyclic) bond motifs is 7. The molecule has 234 valence electrons. The molecule has 3 aromatic heterocycles. The fourth-order valence-corrected chi connectivity index (χ4v) is 7.13. The van der Waals surface area contributed by atoms with Crippen LogP contribution in [0.25, 0.3) is 94.7 Å². The Bertz CT molecular complexity index is 2840. The van der Waals surface area contributed by atoms with Crippen LogP contribution in [0.15, 0.2) is 174 Å². The van der Waals surface area contributed by atoms with Gasteiger partial charge in [-0.2, -0.15) is 9.97 Å². The van der Waals surface area contributed by atoms with Crippen molar-refractivity contribution < 1.29 is 4.42 Å². The lowest BCUT2D eigenvalue weighted by Gasteiger charge is -2.13. The van der Waals surface area contributed by atoms with Gasteiger partial charge in [0.15, 0.2) is 11.6 Å². The van der Waals surface area contributed by atoms with Crippen molar-refractivity contribution in [3.63, 3.8) is 0 Å². The van der Waals surface area contributed by atoms with Gasteiger partial charge in [0.25, 0.3) is 0 Å². The highest BCUT2D eigenvalue weighted by molar-refractivity contribution is 6.27. The van der Waals surface area contributed by atoms with E-state index >= 15 is 0 Å². The first kappa shape index (κ1) is 28.2. The van der Waals surface area contributed by atoms with Gasteiger partial charge in [-0.3, -0.25) is 4.57 Å². The summed E-state index contributed by atoms with van der Waals surface area (Å²) in [6, 6.07) is 58.5. The van der Waals surface area contributed by atoms with E-state index in [1.54, 1.807) is 0 Å². The quantitative estimate of drug-likeness (QED) is 0.188. The predicted octanol–water partition coefficient (Wildman–Crippen LogP) is 11.5. The average molecular weight is 641 g/mol. The second-order valence-corrected chi connectivity index (χ2v) is 12.4. The third-order valence-corrected chi connectivity index (χ3v) is 9.47. The number of hydrogen-bond donors (Lipinski definition) is 0. The highest BCUT2D eigenvalue weighted by Gasteiger charge is 2.24. The van der Waals surface area contributed by atoms with Crippen molar-refractivity contribution in [1.82, 2.24) is 19.5 Å². The summed E-state index contributed by atoms with van der Waals surface area (Å²) in [6.07, 6.45) is 0. The molecule has 3 heterocycles. The molecule has 5 heteroatoms. The van der Waals surface area contributed by atoms with E-state index in [2.05, 4.69) is 126 Å². The maximum Gasteiger partial charge on any atom is 0.238 e. The van der Waals surface area contributed by atoms with Crippen LogP contribution in [-0.4, -0.2) is 19.5 Å². The highest BCUT2D eigenvalue weighted by Crippen LogP contribution is 2.45. The summed E-state index contributed by atoms with van der Waals surface area (Å²) < 4.78 is 8.87. The van der Waals surface area contributed by atoms with Crippen LogP contribution in [0.2, 0.25) is 0 Å². The van der Waals surface area contributed by atoms with Crippen LogP contribution < -0.4 is 0 Å². The number of furan rings is 1. The molecule has 0 fully saturated rings. The summed E-state index contributed by atoms with van der Waals surface area (Å²) in [5.41, 5.74) is 9.99. The lowest BCUT2D eigenvalue weighted by atomic mass is 9.98. The van der Waals surface area contributed by atoms with Crippen molar-refractivity contribution in [2.24, 2.45) is 0 Å². The van der Waals surface area contributed by atoms with Crippen LogP contribution in [0, 0.1) is 0 Å². The Kier molecular flexibility index (Phi) is 6.42. The minimum absolute atomic E-state index is 0.542. The molecule has 0 unspecified atom stereocenters. The fourth-order valence-electron chi connectivity index (χ4n) is 7.13. The Morgan fingerprint density at radius 1 is 0.420 bits per heavy atom. The van der Waals surface area contributed by atoms with Crippen molar-refractivity contribution in [1.29, 1.82) is 0 Å². The summed E-state index contributed by atoms with van der Waals surface area (Å²) >= 11 is 0. The molecule has 50 heavy (non-hydrogen) atoms. The first-order chi connectivity index (χ1) is 24.8. The van der Waals surface area contributed by atoms with Crippen LogP contribution in [-0.2, 0) is 0 Å². The van der Waals surface area contributed by atoms with Crippen molar-refractivity contribution in [3.05, 3.63) is 170 Å². The van der Waals surface area contributed by atoms with Gasteiger partial charge in [-0.05, 0) is 34.9 Å². The Morgan fingerprint density at radius 3 is 1.64 bits per heavy atom. The van der Waals surface area contributed by atoms with Crippen molar-refractivity contribution in [2.75, 3.05) is 0 Å². The number of hydrogen-bond acceptors (Lipinski definition) is 4. The van der Waals surface area contributed by atoms with Gasteiger partial charge in [0.1, 0.15) is 11.2 Å². The lowest BCUT2D eigenvalue weighted by Crippen LogP contribution is -2.07. The van der Waals surface area contributed by atoms with E-state index in [-0.39, 0.29) is 0 Å². The summed E-state index contributed by atoms with van der Waals surface area (Å²) in [6.45, 7) is 0. The molecule has 7 aromatic carbocycles. The number of benzene rings is 7. The van der Waals surface area contributed by atoms with Gasteiger partial charge in [0.05, 0.1) is 16.4 Å². The number of nitrogens with zero attached hydrogens (tertiary/aromatic N) is 4. The van der Waals surface area contributed by atoms with Gasteiger partial charge in [0, 0.05) is 32.8 Å². The molecule has 0 radical (unpaired) electrons. The monoisotopic (exact) mass is 640 g/mol. The van der Waals surface area contributed by atoms with E-state index in [4.69, 9.17) is 19.4 Å². The van der Waals surface area contributed by atoms with Gasteiger partial charge in [0.2, 0.25) is 5.95 Å². The van der Waals surface area contributed by atoms with Crippen LogP contribution in [0.3, 0.4) is 0 Å². The topological polar surface area (TPSA) is 56.7 Å². The Morgan fingerprint density at radius 2 is 0.940 bits per heavy atom. The second-order valence-electron chi connectivity index (χ2n) is 12.4. The molecular weight excluding hydrogens is 613 g/mol. The molecule has 0 aliphatic carbocycles. The van der Waals surface area contributed by atoms with E-state index in [0.29, 0.717) is 17.6 Å². The van der Waals surface area contributed by atoms with Crippen molar-refractivity contribution in [2.45, 2.75) is 0 Å². The van der Waals surface area contributed by atoms with Crippen LogP contribution in [0.5, 0.6) is 0 Å². The lowest BCUT2D eigenvalue weighted by molar-refractivity contribution is 0.673. The van der Waals surface area contributed by atoms with Gasteiger partial charge in [-0.1, -0.05) is 152 Å². The van der Waals surface area contributed by atoms with Crippen molar-refractivity contribution in [3.8, 4) is 51.0 Å². The SMILES string of the molecule is c1ccc(-c2ccc(-c3nc(-c4ccccc4)nc(-n4c5ccccc5c5c6oc7ccccc7c6cc(-c6ccccc6)c54)n3)cc2)cc1. The van der Waals surface area contributed by atoms with Crippen LogP contribution >= 0.6 is 0 Å². The van der Waals surface area contributed by atoms with Gasteiger partial charge < -0.3 is 4.42 Å². The molecule has 0 spiro atoms. The summed E-state index contributed by atoms with van der Waals surface area (Å²) in [7, 11) is 0. The molecular formula is C45H28N4O. The van der Waals surface area contributed by atoms with E-state index in [0.717, 1.165) is 77.1 Å². The maximum absolute atomic E-state index is 6.68. The van der Waals surface area contributed by atoms with Gasteiger partial charge >= 0.3 is 0 Å². The molecule has 0 aliphatic heterocycles. The molecule has 0 aliphatic rings. The Hall–Kier alpha value is -6.85. The normalized spacial score (nSPS) is 11.6. The third kappa shape index (κ3) is 4.52. The van der Waals surface area contributed by atoms with E-state index in [1.807, 2.05) is 48.5 Å². The van der Waals surface area contributed by atoms with Crippen LogP contribution in [0.1, 0.15) is 0 Å². The fraction of sp³-hybridized carbons (Fsp3) is 0. The standard InChI is InChI=1S/C45H28N4O/c1-4-14-29(15-5-1)30-24-26-33(27-25-30)44-46-43(32-18-8-3-9-19-32)47-45(48-44)49-38-22-12-10-21-35(38)40-41(49)36(31-16-6-2-7-17-31)28-37-34-20-11-13-23-39(34)50-42(37)40/h1-28H. The van der Waals surface area contributed by atoms with Gasteiger partial charge in [-0.15, -0.1) is 0 Å². The summed E-state index contributed by atoms with van der Waals surface area (Å²) in [5.74, 6) is 1.75. The zero-order valence-electron chi connectivity index (χ0n) is 26.9. The maximum atomic E-state index is 6.68. The van der Waals surface area contributed by atoms with Gasteiger partial charge in [-0.25, -0.2) is 4.98 Å². The largest absolute Gasteiger partial charge is 0.455 e. The number of para-hydroxylation sites is 2. The average Bonchev–Trinajstić information content (AvgIpc) is 3.75. The Balaban J connectivity index is 1.30. The molecule has 10 aromatic rings. The third-order valence-electron chi connectivity index (χ3n) is 9.47. The molecule has 10 rings (SSSR count). The smallest absolute Gasteiger partial charge is 0.238 e. The minimum Gasteiger partial charge on any atom is -0.455 e. The number of rotatable bonds is 5. The van der Waals surface area contributed by atoms with E-state index in [9.17, 15) is 0 Å². The molecule has 0 saturated carbocycles. The second kappa shape index (κ2) is 11.4. The molecule has 5 nitrogen and oxygen atoms in total. The van der Waals surface area contributed by atoms with Crippen LogP contribution in [0.4, 0.5) is 0 Å². The molecule has 0 N–H and O–H groups in total. The summed E-state index contributed by atoms with van der Waals surface area (Å²) in [4.78, 5) is 15.5. The summed E-state index contributed by atoms with van der Waals surface area (Å²) in [5, 5.41) is 4.27. The Labute approximate surface area is 287 Å². The first-order valence-corrected chi connectivity index (χ1v) is 16.7. The molecule has 0 atom stereocenters. The molecule has 0 saturated heterocycles. The highest BCUT2D eigenvalue weighted by atomic mass is 16.3. The first-order valence-electron chi connectivity index (χ1n) is 16.7.